The van der Waals surface area contributed by atoms with Gasteiger partial charge in [0.25, 0.3) is 0 Å². The molecule has 1 aromatic rings. The van der Waals surface area contributed by atoms with E-state index < -0.39 is 0 Å². The zero-order valence-electron chi connectivity index (χ0n) is 13.5. The minimum Gasteiger partial charge on any atom is -0.314 e. The molecule has 1 aliphatic heterocycles. The second kappa shape index (κ2) is 7.42. The summed E-state index contributed by atoms with van der Waals surface area (Å²) in [5.41, 5.74) is 3.15. The summed E-state index contributed by atoms with van der Waals surface area (Å²) < 4.78 is 0. The minimum atomic E-state index is 0.791. The van der Waals surface area contributed by atoms with E-state index in [1.165, 1.54) is 58.2 Å². The van der Waals surface area contributed by atoms with Crippen molar-refractivity contribution in [3.8, 4) is 0 Å². The molecule has 2 nitrogen and oxygen atoms in total. The standard InChI is InChI=1S/C19H30N2/c1-2-20-19-9-5-8-18(19)12-15-21-13-10-16-6-3-4-7-17(16)11-14-21/h3-4,6-7,18-20H,2,5,8-15H2,1H3. The Labute approximate surface area is 129 Å². The molecule has 2 heteroatoms. The molecule has 1 saturated carbocycles. The largest absolute Gasteiger partial charge is 0.314 e. The lowest BCUT2D eigenvalue weighted by Crippen LogP contribution is -2.35. The Morgan fingerprint density at radius 1 is 1.10 bits per heavy atom. The normalized spacial score (nSPS) is 26.5. The first-order valence-corrected chi connectivity index (χ1v) is 8.89. The summed E-state index contributed by atoms with van der Waals surface area (Å²) in [7, 11) is 0. The maximum Gasteiger partial charge on any atom is 0.00956 e. The lowest BCUT2D eigenvalue weighted by molar-refractivity contribution is 0.250. The Kier molecular flexibility index (Phi) is 5.32. The van der Waals surface area contributed by atoms with Gasteiger partial charge in [0.05, 0.1) is 0 Å². The van der Waals surface area contributed by atoms with Crippen LogP contribution in [0, 0.1) is 5.92 Å². The molecule has 0 saturated heterocycles. The quantitative estimate of drug-likeness (QED) is 0.894. The van der Waals surface area contributed by atoms with Crippen LogP contribution in [0.2, 0.25) is 0 Å². The Morgan fingerprint density at radius 2 is 1.81 bits per heavy atom. The topological polar surface area (TPSA) is 15.3 Å². The Morgan fingerprint density at radius 3 is 2.48 bits per heavy atom. The van der Waals surface area contributed by atoms with E-state index in [1.807, 2.05) is 0 Å². The maximum absolute atomic E-state index is 3.69. The fourth-order valence-electron chi connectivity index (χ4n) is 4.20. The third-order valence-corrected chi connectivity index (χ3v) is 5.45. The van der Waals surface area contributed by atoms with Gasteiger partial charge in [-0.25, -0.2) is 0 Å². The van der Waals surface area contributed by atoms with Crippen molar-refractivity contribution < 1.29 is 0 Å². The second-order valence-corrected chi connectivity index (χ2v) is 6.75. The molecule has 1 fully saturated rings. The predicted octanol–water partition coefficient (Wildman–Crippen LogP) is 3.26. The van der Waals surface area contributed by atoms with Crippen molar-refractivity contribution >= 4 is 0 Å². The molecular weight excluding hydrogens is 256 g/mol. The molecule has 21 heavy (non-hydrogen) atoms. The van der Waals surface area contributed by atoms with Crippen molar-refractivity contribution in [3.63, 3.8) is 0 Å². The summed E-state index contributed by atoms with van der Waals surface area (Å²) >= 11 is 0. The summed E-state index contributed by atoms with van der Waals surface area (Å²) in [6.45, 7) is 7.15. The van der Waals surface area contributed by atoms with E-state index in [0.717, 1.165) is 18.5 Å². The SMILES string of the molecule is CCNC1CCCC1CCN1CCc2ccccc2CC1. The number of rotatable bonds is 5. The van der Waals surface area contributed by atoms with E-state index in [-0.39, 0.29) is 0 Å². The second-order valence-electron chi connectivity index (χ2n) is 6.75. The predicted molar refractivity (Wildman–Crippen MR) is 89.7 cm³/mol. The number of nitrogens with one attached hydrogen (secondary N) is 1. The molecule has 116 valence electrons. The third-order valence-electron chi connectivity index (χ3n) is 5.45. The van der Waals surface area contributed by atoms with Crippen molar-refractivity contribution in [2.45, 2.75) is 51.5 Å². The highest BCUT2D eigenvalue weighted by Crippen LogP contribution is 2.28. The molecule has 0 aromatic heterocycles. The van der Waals surface area contributed by atoms with E-state index in [0.29, 0.717) is 0 Å². The van der Waals surface area contributed by atoms with Crippen molar-refractivity contribution in [2.75, 3.05) is 26.2 Å². The van der Waals surface area contributed by atoms with Gasteiger partial charge in [-0.15, -0.1) is 0 Å². The van der Waals surface area contributed by atoms with Gasteiger partial charge >= 0.3 is 0 Å². The van der Waals surface area contributed by atoms with E-state index >= 15 is 0 Å². The molecule has 2 atom stereocenters. The number of hydrogen-bond donors (Lipinski definition) is 1. The zero-order chi connectivity index (χ0) is 14.5. The Bertz CT molecular complexity index is 416. The first kappa shape index (κ1) is 15.1. The highest BCUT2D eigenvalue weighted by molar-refractivity contribution is 5.28. The van der Waals surface area contributed by atoms with Gasteiger partial charge in [0, 0.05) is 19.1 Å². The molecule has 0 radical (unpaired) electrons. The van der Waals surface area contributed by atoms with Crippen LogP contribution < -0.4 is 5.32 Å². The fourth-order valence-corrected chi connectivity index (χ4v) is 4.20. The van der Waals surface area contributed by atoms with Gasteiger partial charge in [-0.3, -0.25) is 0 Å². The molecule has 2 aliphatic rings. The zero-order valence-corrected chi connectivity index (χ0v) is 13.5. The van der Waals surface area contributed by atoms with Gasteiger partial charge in [-0.1, -0.05) is 37.6 Å². The maximum atomic E-state index is 3.69. The summed E-state index contributed by atoms with van der Waals surface area (Å²) in [6.07, 6.45) is 8.10. The van der Waals surface area contributed by atoms with E-state index in [2.05, 4.69) is 41.4 Å². The lowest BCUT2D eigenvalue weighted by atomic mass is 9.99. The smallest absolute Gasteiger partial charge is 0.00956 e. The summed E-state index contributed by atoms with van der Waals surface area (Å²) in [4.78, 5) is 2.70. The van der Waals surface area contributed by atoms with Crippen LogP contribution in [0.5, 0.6) is 0 Å². The molecule has 1 N–H and O–H groups in total. The first-order valence-electron chi connectivity index (χ1n) is 8.89. The van der Waals surface area contributed by atoms with Gasteiger partial charge < -0.3 is 10.2 Å². The van der Waals surface area contributed by atoms with E-state index in [4.69, 9.17) is 0 Å². The molecule has 1 heterocycles. The summed E-state index contributed by atoms with van der Waals surface area (Å²) in [5, 5.41) is 3.69. The van der Waals surface area contributed by atoms with Crippen LogP contribution in [0.15, 0.2) is 24.3 Å². The van der Waals surface area contributed by atoms with Crippen LogP contribution in [-0.2, 0) is 12.8 Å². The van der Waals surface area contributed by atoms with Gasteiger partial charge in [-0.05, 0) is 62.2 Å². The van der Waals surface area contributed by atoms with E-state index in [9.17, 15) is 0 Å². The monoisotopic (exact) mass is 286 g/mol. The average Bonchev–Trinajstić information content (AvgIpc) is 2.84. The summed E-state index contributed by atoms with van der Waals surface area (Å²) in [5.74, 6) is 0.913. The molecule has 0 spiro atoms. The highest BCUT2D eigenvalue weighted by Gasteiger charge is 2.26. The molecule has 2 unspecified atom stereocenters. The van der Waals surface area contributed by atoms with Crippen LogP contribution in [0.3, 0.4) is 0 Å². The minimum absolute atomic E-state index is 0.791. The molecular formula is C19H30N2. The molecule has 3 rings (SSSR count). The van der Waals surface area contributed by atoms with Crippen LogP contribution in [0.4, 0.5) is 0 Å². The number of hydrogen-bond acceptors (Lipinski definition) is 2. The third kappa shape index (κ3) is 3.87. The highest BCUT2D eigenvalue weighted by atomic mass is 15.1. The van der Waals surface area contributed by atoms with Gasteiger partial charge in [0.15, 0.2) is 0 Å². The molecule has 1 aliphatic carbocycles. The number of fused-ring (bicyclic) bond motifs is 1. The van der Waals surface area contributed by atoms with Crippen LogP contribution >= 0.6 is 0 Å². The van der Waals surface area contributed by atoms with Crippen LogP contribution in [0.1, 0.15) is 43.7 Å². The lowest BCUT2D eigenvalue weighted by Gasteiger charge is -2.25. The number of benzene rings is 1. The van der Waals surface area contributed by atoms with Gasteiger partial charge in [-0.2, -0.15) is 0 Å². The number of nitrogens with zero attached hydrogens (tertiary/aromatic N) is 1. The van der Waals surface area contributed by atoms with Gasteiger partial charge in [0.1, 0.15) is 0 Å². The first-order chi connectivity index (χ1) is 10.4. The Balaban J connectivity index is 1.48. The van der Waals surface area contributed by atoms with Crippen LogP contribution in [0.25, 0.3) is 0 Å². The van der Waals surface area contributed by atoms with Crippen molar-refractivity contribution in [2.24, 2.45) is 5.92 Å². The van der Waals surface area contributed by atoms with Crippen molar-refractivity contribution in [1.29, 1.82) is 0 Å². The molecule has 0 bridgehead atoms. The molecule has 1 aromatic carbocycles. The van der Waals surface area contributed by atoms with Crippen LogP contribution in [-0.4, -0.2) is 37.1 Å². The van der Waals surface area contributed by atoms with E-state index in [1.54, 1.807) is 11.1 Å². The van der Waals surface area contributed by atoms with Crippen molar-refractivity contribution in [1.82, 2.24) is 10.2 Å². The molecule has 0 amide bonds. The average molecular weight is 286 g/mol. The van der Waals surface area contributed by atoms with Gasteiger partial charge in [0.2, 0.25) is 0 Å². The fraction of sp³-hybridized carbons (Fsp3) is 0.684. The summed E-state index contributed by atoms with van der Waals surface area (Å²) in [6, 6.07) is 9.80. The Hall–Kier alpha value is -0.860. The van der Waals surface area contributed by atoms with Crippen molar-refractivity contribution in [3.05, 3.63) is 35.4 Å².